The van der Waals surface area contributed by atoms with E-state index in [1.165, 1.54) is 0 Å². The van der Waals surface area contributed by atoms with Gasteiger partial charge in [0, 0.05) is 19.6 Å². The molecule has 1 aliphatic heterocycles. The van der Waals surface area contributed by atoms with E-state index in [9.17, 15) is 0 Å². The van der Waals surface area contributed by atoms with E-state index in [4.69, 9.17) is 10.5 Å². The van der Waals surface area contributed by atoms with Crippen LogP contribution >= 0.6 is 0 Å². The lowest BCUT2D eigenvalue weighted by molar-refractivity contribution is 0.122. The molecule has 6 nitrogen and oxygen atoms in total. The second-order valence-electron chi connectivity index (χ2n) is 3.59. The van der Waals surface area contributed by atoms with Crippen LogP contribution in [0.3, 0.4) is 0 Å². The van der Waals surface area contributed by atoms with E-state index in [1.807, 2.05) is 0 Å². The summed E-state index contributed by atoms with van der Waals surface area (Å²) < 4.78 is 7.03. The van der Waals surface area contributed by atoms with Crippen LogP contribution in [-0.4, -0.2) is 41.1 Å². The Morgan fingerprint density at radius 1 is 1.40 bits per heavy atom. The van der Waals surface area contributed by atoms with Crippen LogP contribution in [0.4, 0.5) is 11.9 Å². The highest BCUT2D eigenvalue weighted by Crippen LogP contribution is 2.12. The zero-order valence-electron chi connectivity index (χ0n) is 9.02. The van der Waals surface area contributed by atoms with Crippen LogP contribution in [0.25, 0.3) is 0 Å². The SMILES string of the molecule is CCCn1nc(N2CCOCC2)nc1N. The molecule has 6 heteroatoms. The molecule has 0 aliphatic carbocycles. The fraction of sp³-hybridized carbons (Fsp3) is 0.778. The number of hydrogen-bond acceptors (Lipinski definition) is 5. The van der Waals surface area contributed by atoms with Crippen molar-refractivity contribution in [2.75, 3.05) is 36.9 Å². The summed E-state index contributed by atoms with van der Waals surface area (Å²) in [5, 5.41) is 4.37. The molecule has 1 aliphatic rings. The molecule has 2 N–H and O–H groups in total. The first kappa shape index (κ1) is 10.2. The molecule has 0 amide bonds. The van der Waals surface area contributed by atoms with Crippen molar-refractivity contribution in [1.82, 2.24) is 14.8 Å². The van der Waals surface area contributed by atoms with E-state index in [0.29, 0.717) is 5.95 Å². The van der Waals surface area contributed by atoms with Gasteiger partial charge in [-0.2, -0.15) is 4.98 Å². The zero-order valence-corrected chi connectivity index (χ0v) is 9.02. The van der Waals surface area contributed by atoms with E-state index in [2.05, 4.69) is 21.9 Å². The van der Waals surface area contributed by atoms with Gasteiger partial charge < -0.3 is 15.4 Å². The van der Waals surface area contributed by atoms with E-state index in [1.54, 1.807) is 4.68 Å². The van der Waals surface area contributed by atoms with Crippen LogP contribution in [-0.2, 0) is 11.3 Å². The van der Waals surface area contributed by atoms with Crippen molar-refractivity contribution in [2.45, 2.75) is 19.9 Å². The van der Waals surface area contributed by atoms with E-state index < -0.39 is 0 Å². The molecule has 0 radical (unpaired) electrons. The van der Waals surface area contributed by atoms with Crippen LogP contribution in [0.1, 0.15) is 13.3 Å². The first-order valence-corrected chi connectivity index (χ1v) is 5.34. The molecule has 1 fully saturated rings. The average Bonchev–Trinajstić information content (AvgIpc) is 2.63. The minimum Gasteiger partial charge on any atom is -0.378 e. The minimum absolute atomic E-state index is 0.498. The molecular formula is C9H17N5O. The van der Waals surface area contributed by atoms with Gasteiger partial charge in [-0.3, -0.25) is 0 Å². The lowest BCUT2D eigenvalue weighted by Gasteiger charge is -2.25. The molecule has 1 aromatic rings. The summed E-state index contributed by atoms with van der Waals surface area (Å²) in [6.07, 6.45) is 1.01. The monoisotopic (exact) mass is 211 g/mol. The number of aromatic nitrogens is 3. The highest BCUT2D eigenvalue weighted by Gasteiger charge is 2.16. The third-order valence-electron chi connectivity index (χ3n) is 2.42. The Morgan fingerprint density at radius 3 is 2.80 bits per heavy atom. The summed E-state index contributed by atoms with van der Waals surface area (Å²) in [5.41, 5.74) is 5.77. The molecule has 0 spiro atoms. The Labute approximate surface area is 89.0 Å². The first-order valence-electron chi connectivity index (χ1n) is 5.34. The van der Waals surface area contributed by atoms with Crippen molar-refractivity contribution >= 4 is 11.9 Å². The number of rotatable bonds is 3. The zero-order chi connectivity index (χ0) is 10.7. The summed E-state index contributed by atoms with van der Waals surface area (Å²) in [7, 11) is 0. The van der Waals surface area contributed by atoms with Crippen molar-refractivity contribution in [3.63, 3.8) is 0 Å². The summed E-state index contributed by atoms with van der Waals surface area (Å²) in [6, 6.07) is 0. The van der Waals surface area contributed by atoms with Gasteiger partial charge in [0.25, 0.3) is 0 Å². The molecule has 84 valence electrons. The minimum atomic E-state index is 0.498. The van der Waals surface area contributed by atoms with Gasteiger partial charge in [-0.15, -0.1) is 5.10 Å². The molecule has 2 heterocycles. The van der Waals surface area contributed by atoms with Gasteiger partial charge in [0.05, 0.1) is 13.2 Å². The van der Waals surface area contributed by atoms with Crippen molar-refractivity contribution in [1.29, 1.82) is 0 Å². The lowest BCUT2D eigenvalue weighted by atomic mass is 10.4. The maximum atomic E-state index is 5.77. The number of morpholine rings is 1. The van der Waals surface area contributed by atoms with E-state index in [-0.39, 0.29) is 0 Å². The molecule has 1 aromatic heterocycles. The van der Waals surface area contributed by atoms with Crippen molar-refractivity contribution in [2.24, 2.45) is 0 Å². The number of anilines is 2. The van der Waals surface area contributed by atoms with Crippen molar-refractivity contribution in [3.05, 3.63) is 0 Å². The first-order chi connectivity index (χ1) is 7.31. The number of nitrogens with two attached hydrogens (primary N) is 1. The summed E-state index contributed by atoms with van der Waals surface area (Å²) in [6.45, 7) is 6.08. The van der Waals surface area contributed by atoms with Crippen LogP contribution < -0.4 is 10.6 Å². The summed E-state index contributed by atoms with van der Waals surface area (Å²) in [4.78, 5) is 6.36. The van der Waals surface area contributed by atoms with Gasteiger partial charge in [-0.25, -0.2) is 4.68 Å². The topological polar surface area (TPSA) is 69.2 Å². The van der Waals surface area contributed by atoms with Gasteiger partial charge in [0.15, 0.2) is 0 Å². The smallest absolute Gasteiger partial charge is 0.246 e. The van der Waals surface area contributed by atoms with Gasteiger partial charge in [0.1, 0.15) is 0 Å². The summed E-state index contributed by atoms with van der Waals surface area (Å²) >= 11 is 0. The van der Waals surface area contributed by atoms with Crippen molar-refractivity contribution < 1.29 is 4.74 Å². The fourth-order valence-electron chi connectivity index (χ4n) is 1.62. The van der Waals surface area contributed by atoms with Crippen LogP contribution in [0, 0.1) is 0 Å². The molecule has 0 saturated carbocycles. The maximum absolute atomic E-state index is 5.77. The van der Waals surface area contributed by atoms with Gasteiger partial charge in [-0.1, -0.05) is 6.92 Å². The van der Waals surface area contributed by atoms with Crippen LogP contribution in [0.2, 0.25) is 0 Å². The van der Waals surface area contributed by atoms with Gasteiger partial charge in [-0.05, 0) is 6.42 Å². The quantitative estimate of drug-likeness (QED) is 0.768. The largest absolute Gasteiger partial charge is 0.378 e. The predicted molar refractivity (Wildman–Crippen MR) is 57.8 cm³/mol. The van der Waals surface area contributed by atoms with Gasteiger partial charge >= 0.3 is 0 Å². The third-order valence-corrected chi connectivity index (χ3v) is 2.42. The molecule has 0 atom stereocenters. The molecule has 0 bridgehead atoms. The standard InChI is InChI=1S/C9H17N5O/c1-2-3-14-8(10)11-9(12-14)13-4-6-15-7-5-13/h2-7H2,1H3,(H2,10,11,12). The number of aryl methyl sites for hydroxylation is 1. The Hall–Kier alpha value is -1.30. The maximum Gasteiger partial charge on any atom is 0.246 e. The average molecular weight is 211 g/mol. The van der Waals surface area contributed by atoms with E-state index >= 15 is 0 Å². The second-order valence-corrected chi connectivity index (χ2v) is 3.59. The van der Waals surface area contributed by atoms with E-state index in [0.717, 1.165) is 45.2 Å². The highest BCUT2D eigenvalue weighted by molar-refractivity contribution is 5.35. The van der Waals surface area contributed by atoms with Crippen LogP contribution in [0.15, 0.2) is 0 Å². The number of ether oxygens (including phenoxy) is 1. The third kappa shape index (κ3) is 2.20. The molecule has 2 rings (SSSR count). The molecule has 15 heavy (non-hydrogen) atoms. The van der Waals surface area contributed by atoms with Gasteiger partial charge in [0.2, 0.25) is 11.9 Å². The molecule has 1 saturated heterocycles. The Kier molecular flexibility index (Phi) is 3.05. The number of nitrogen functional groups attached to an aromatic ring is 1. The molecule has 0 unspecified atom stereocenters. The molecular weight excluding hydrogens is 194 g/mol. The van der Waals surface area contributed by atoms with Crippen molar-refractivity contribution in [3.8, 4) is 0 Å². The fourth-order valence-corrected chi connectivity index (χ4v) is 1.62. The van der Waals surface area contributed by atoms with Crippen LogP contribution in [0.5, 0.6) is 0 Å². The Morgan fingerprint density at radius 2 is 2.13 bits per heavy atom. The lowest BCUT2D eigenvalue weighted by Crippen LogP contribution is -2.37. The Bertz CT molecular complexity index is 318. The predicted octanol–water partition coefficient (Wildman–Crippen LogP) is 0.107. The number of hydrogen-bond donors (Lipinski definition) is 1. The summed E-state index contributed by atoms with van der Waals surface area (Å²) in [5.74, 6) is 1.22. The molecule has 0 aromatic carbocycles. The second kappa shape index (κ2) is 4.48. The highest BCUT2D eigenvalue weighted by atomic mass is 16.5. The number of nitrogens with zero attached hydrogens (tertiary/aromatic N) is 4. The normalized spacial score (nSPS) is 17.0. The Balaban J connectivity index is 2.10.